The van der Waals surface area contributed by atoms with Crippen molar-refractivity contribution >= 4 is 28.9 Å². The molecule has 0 aromatic heterocycles. The highest BCUT2D eigenvalue weighted by Crippen LogP contribution is 2.33. The highest BCUT2D eigenvalue weighted by atomic mass is 35.5. The van der Waals surface area contributed by atoms with Gasteiger partial charge in [-0.2, -0.15) is 0 Å². The number of rotatable bonds is 5. The first-order chi connectivity index (χ1) is 10.0. The molecule has 0 amide bonds. The number of ether oxygens (including phenoxy) is 1. The molecule has 0 spiro atoms. The van der Waals surface area contributed by atoms with E-state index in [0.717, 1.165) is 11.3 Å². The summed E-state index contributed by atoms with van der Waals surface area (Å²) < 4.78 is 18.7. The molecule has 2 aromatic carbocycles. The molecule has 1 unspecified atom stereocenters. The molecule has 0 aliphatic carbocycles. The number of hydrogen-bond acceptors (Lipinski definition) is 2. The third kappa shape index (κ3) is 4.02. The first-order valence-electron chi connectivity index (χ1n) is 6.65. The molecule has 1 N–H and O–H groups in total. The molecule has 112 valence electrons. The van der Waals surface area contributed by atoms with Gasteiger partial charge in [-0.25, -0.2) is 4.39 Å². The van der Waals surface area contributed by atoms with Crippen LogP contribution in [0.5, 0.6) is 5.75 Å². The molecular weight excluding hydrogens is 312 g/mol. The third-order valence-electron chi connectivity index (χ3n) is 3.04. The van der Waals surface area contributed by atoms with E-state index in [1.165, 1.54) is 12.1 Å². The van der Waals surface area contributed by atoms with Crippen LogP contribution < -0.4 is 10.1 Å². The zero-order valence-corrected chi connectivity index (χ0v) is 13.3. The fourth-order valence-electron chi connectivity index (χ4n) is 2.06. The molecule has 0 saturated heterocycles. The molecule has 0 aliphatic heterocycles. The van der Waals surface area contributed by atoms with Gasteiger partial charge in [0.15, 0.2) is 0 Å². The van der Waals surface area contributed by atoms with Gasteiger partial charge in [0.05, 0.1) is 18.3 Å². The third-order valence-corrected chi connectivity index (χ3v) is 3.60. The number of nitrogens with one attached hydrogen (secondary N) is 1. The fraction of sp³-hybridized carbons (Fsp3) is 0.250. The van der Waals surface area contributed by atoms with Crippen molar-refractivity contribution in [2.75, 3.05) is 11.9 Å². The normalized spacial score (nSPS) is 12.0. The van der Waals surface area contributed by atoms with Crippen LogP contribution in [0.2, 0.25) is 10.0 Å². The fourth-order valence-corrected chi connectivity index (χ4v) is 2.56. The second-order valence-corrected chi connectivity index (χ2v) is 5.45. The summed E-state index contributed by atoms with van der Waals surface area (Å²) in [5.74, 6) is 0.362. The minimum atomic E-state index is -0.353. The standard InChI is InChI=1S/C16H16Cl2FNO/c1-3-21-16-7-4-11(17)8-15(16)20-10(2)13-6-5-12(19)9-14(13)18/h4-10,20H,3H2,1-2H3. The molecule has 0 bridgehead atoms. The topological polar surface area (TPSA) is 21.3 Å². The average Bonchev–Trinajstić information content (AvgIpc) is 2.41. The molecule has 2 rings (SSSR count). The van der Waals surface area contributed by atoms with Crippen LogP contribution in [-0.2, 0) is 0 Å². The second kappa shape index (κ2) is 7.01. The molecule has 2 aromatic rings. The number of halogens is 3. The maximum Gasteiger partial charge on any atom is 0.142 e. The van der Waals surface area contributed by atoms with Crippen molar-refractivity contribution in [2.24, 2.45) is 0 Å². The Hall–Kier alpha value is -1.45. The van der Waals surface area contributed by atoms with Crippen molar-refractivity contribution in [3.63, 3.8) is 0 Å². The average molecular weight is 328 g/mol. The van der Waals surface area contributed by atoms with Crippen LogP contribution in [-0.4, -0.2) is 6.61 Å². The van der Waals surface area contributed by atoms with Crippen molar-refractivity contribution < 1.29 is 9.13 Å². The summed E-state index contributed by atoms with van der Waals surface area (Å²) in [6.45, 7) is 4.41. The Morgan fingerprint density at radius 2 is 1.95 bits per heavy atom. The summed E-state index contributed by atoms with van der Waals surface area (Å²) in [7, 11) is 0. The predicted octanol–water partition coefficient (Wildman–Crippen LogP) is 5.70. The van der Waals surface area contributed by atoms with E-state index in [0.29, 0.717) is 22.4 Å². The Kier molecular flexibility index (Phi) is 5.32. The van der Waals surface area contributed by atoms with Gasteiger partial charge in [0, 0.05) is 10.0 Å². The molecule has 0 heterocycles. The quantitative estimate of drug-likeness (QED) is 0.760. The summed E-state index contributed by atoms with van der Waals surface area (Å²) in [6, 6.07) is 9.62. The van der Waals surface area contributed by atoms with Gasteiger partial charge in [-0.05, 0) is 49.7 Å². The molecular formula is C16H16Cl2FNO. The summed E-state index contributed by atoms with van der Waals surface area (Å²) in [4.78, 5) is 0. The zero-order valence-electron chi connectivity index (χ0n) is 11.8. The molecule has 0 radical (unpaired) electrons. The van der Waals surface area contributed by atoms with Crippen LogP contribution in [0.25, 0.3) is 0 Å². The minimum absolute atomic E-state index is 0.115. The molecule has 0 aliphatic rings. The van der Waals surface area contributed by atoms with Crippen LogP contribution in [0.15, 0.2) is 36.4 Å². The molecule has 1 atom stereocenters. The lowest BCUT2D eigenvalue weighted by atomic mass is 10.1. The lowest BCUT2D eigenvalue weighted by Gasteiger charge is -2.19. The largest absolute Gasteiger partial charge is 0.492 e. The second-order valence-electron chi connectivity index (χ2n) is 4.61. The Labute approximate surface area is 133 Å². The number of hydrogen-bond donors (Lipinski definition) is 1. The summed E-state index contributed by atoms with van der Waals surface area (Å²) in [6.07, 6.45) is 0. The van der Waals surface area contributed by atoms with Gasteiger partial charge < -0.3 is 10.1 Å². The number of benzene rings is 2. The molecule has 21 heavy (non-hydrogen) atoms. The van der Waals surface area contributed by atoms with E-state index in [1.54, 1.807) is 18.2 Å². The Bertz CT molecular complexity index is 634. The van der Waals surface area contributed by atoms with Gasteiger partial charge in [0.1, 0.15) is 11.6 Å². The van der Waals surface area contributed by atoms with Crippen LogP contribution >= 0.6 is 23.2 Å². The van der Waals surface area contributed by atoms with Gasteiger partial charge >= 0.3 is 0 Å². The summed E-state index contributed by atoms with van der Waals surface area (Å²) in [5, 5.41) is 4.29. The SMILES string of the molecule is CCOc1ccc(Cl)cc1NC(C)c1ccc(F)cc1Cl. The lowest BCUT2D eigenvalue weighted by molar-refractivity contribution is 0.341. The van der Waals surface area contributed by atoms with E-state index in [-0.39, 0.29) is 11.9 Å². The molecule has 5 heteroatoms. The monoisotopic (exact) mass is 327 g/mol. The van der Waals surface area contributed by atoms with Gasteiger partial charge in [-0.1, -0.05) is 29.3 Å². The van der Waals surface area contributed by atoms with Crippen molar-refractivity contribution in [1.82, 2.24) is 0 Å². The van der Waals surface area contributed by atoms with Gasteiger partial charge in [-0.15, -0.1) is 0 Å². The van der Waals surface area contributed by atoms with Crippen molar-refractivity contribution in [3.05, 3.63) is 57.8 Å². The van der Waals surface area contributed by atoms with Crippen LogP contribution in [0.4, 0.5) is 10.1 Å². The van der Waals surface area contributed by atoms with E-state index in [2.05, 4.69) is 5.32 Å². The van der Waals surface area contributed by atoms with Gasteiger partial charge in [0.25, 0.3) is 0 Å². The Morgan fingerprint density at radius 3 is 2.62 bits per heavy atom. The summed E-state index contributed by atoms with van der Waals surface area (Å²) in [5.41, 5.74) is 1.58. The molecule has 0 saturated carbocycles. The minimum Gasteiger partial charge on any atom is -0.492 e. The van der Waals surface area contributed by atoms with E-state index >= 15 is 0 Å². The highest BCUT2D eigenvalue weighted by Gasteiger charge is 2.13. The van der Waals surface area contributed by atoms with E-state index < -0.39 is 0 Å². The van der Waals surface area contributed by atoms with E-state index in [1.807, 2.05) is 19.9 Å². The van der Waals surface area contributed by atoms with Crippen LogP contribution in [0.3, 0.4) is 0 Å². The van der Waals surface area contributed by atoms with E-state index in [4.69, 9.17) is 27.9 Å². The molecule has 0 fully saturated rings. The zero-order chi connectivity index (χ0) is 15.4. The highest BCUT2D eigenvalue weighted by molar-refractivity contribution is 6.31. The van der Waals surface area contributed by atoms with E-state index in [9.17, 15) is 4.39 Å². The lowest BCUT2D eigenvalue weighted by Crippen LogP contribution is -2.09. The first kappa shape index (κ1) is 15.9. The van der Waals surface area contributed by atoms with Crippen molar-refractivity contribution in [3.8, 4) is 5.75 Å². The first-order valence-corrected chi connectivity index (χ1v) is 7.40. The maximum absolute atomic E-state index is 13.1. The van der Waals surface area contributed by atoms with Crippen LogP contribution in [0.1, 0.15) is 25.5 Å². The Morgan fingerprint density at radius 1 is 1.19 bits per heavy atom. The van der Waals surface area contributed by atoms with Gasteiger partial charge in [0.2, 0.25) is 0 Å². The predicted molar refractivity (Wildman–Crippen MR) is 86.1 cm³/mol. The smallest absolute Gasteiger partial charge is 0.142 e. The Balaban J connectivity index is 2.26. The van der Waals surface area contributed by atoms with Crippen molar-refractivity contribution in [2.45, 2.75) is 19.9 Å². The number of anilines is 1. The van der Waals surface area contributed by atoms with Gasteiger partial charge in [-0.3, -0.25) is 0 Å². The van der Waals surface area contributed by atoms with Crippen LogP contribution in [0, 0.1) is 5.82 Å². The molecule has 2 nitrogen and oxygen atoms in total. The summed E-state index contributed by atoms with van der Waals surface area (Å²) >= 11 is 12.1. The maximum atomic E-state index is 13.1. The van der Waals surface area contributed by atoms with Crippen molar-refractivity contribution in [1.29, 1.82) is 0 Å².